The lowest BCUT2D eigenvalue weighted by Crippen LogP contribution is -2.29. The third-order valence-corrected chi connectivity index (χ3v) is 2.18. The smallest absolute Gasteiger partial charge is 0.337 e. The van der Waals surface area contributed by atoms with Crippen molar-refractivity contribution in [3.63, 3.8) is 0 Å². The van der Waals surface area contributed by atoms with Crippen LogP contribution < -0.4 is 0 Å². The number of hydrogen-bond donors (Lipinski definition) is 2. The van der Waals surface area contributed by atoms with Crippen LogP contribution in [0.2, 0.25) is 5.15 Å². The van der Waals surface area contributed by atoms with Crippen molar-refractivity contribution in [2.75, 3.05) is 7.11 Å². The Labute approximate surface area is 95.4 Å². The molecule has 88 valence electrons. The summed E-state index contributed by atoms with van der Waals surface area (Å²) >= 11 is 5.33. The lowest BCUT2D eigenvalue weighted by Gasteiger charge is -2.15. The SMILES string of the molecule is COC(=O)C(O)C(O)c1cnc(Cl)c(F)c1. The Morgan fingerprint density at radius 2 is 2.25 bits per heavy atom. The number of hydrogen-bond acceptors (Lipinski definition) is 5. The molecule has 0 aliphatic carbocycles. The molecule has 0 amide bonds. The van der Waals surface area contributed by atoms with E-state index in [1.807, 2.05) is 0 Å². The van der Waals surface area contributed by atoms with Gasteiger partial charge in [-0.05, 0) is 6.07 Å². The van der Waals surface area contributed by atoms with Crippen molar-refractivity contribution in [3.05, 3.63) is 28.8 Å². The lowest BCUT2D eigenvalue weighted by molar-refractivity contribution is -0.156. The number of nitrogens with zero attached hydrogens (tertiary/aromatic N) is 1. The molecule has 0 aromatic carbocycles. The summed E-state index contributed by atoms with van der Waals surface area (Å²) in [5.41, 5.74) is -0.0696. The van der Waals surface area contributed by atoms with E-state index < -0.39 is 24.0 Å². The van der Waals surface area contributed by atoms with E-state index in [9.17, 15) is 19.4 Å². The maximum absolute atomic E-state index is 13.0. The predicted octanol–water partition coefficient (Wildman–Crippen LogP) is 0.441. The Hall–Kier alpha value is -1.24. The van der Waals surface area contributed by atoms with Crippen LogP contribution in [0.25, 0.3) is 0 Å². The van der Waals surface area contributed by atoms with Gasteiger partial charge in [-0.3, -0.25) is 0 Å². The summed E-state index contributed by atoms with van der Waals surface area (Å²) in [6, 6.07) is 0.881. The molecule has 0 saturated heterocycles. The molecule has 1 heterocycles. The van der Waals surface area contributed by atoms with Crippen LogP contribution in [0.1, 0.15) is 11.7 Å². The number of aliphatic hydroxyl groups excluding tert-OH is 2. The van der Waals surface area contributed by atoms with Crippen LogP contribution in [0, 0.1) is 5.82 Å². The number of carbonyl (C=O) groups is 1. The number of methoxy groups -OCH3 is 1. The average molecular weight is 250 g/mol. The van der Waals surface area contributed by atoms with Gasteiger partial charge in [0, 0.05) is 11.8 Å². The van der Waals surface area contributed by atoms with Gasteiger partial charge >= 0.3 is 5.97 Å². The quantitative estimate of drug-likeness (QED) is 0.600. The van der Waals surface area contributed by atoms with Crippen LogP contribution in [0.15, 0.2) is 12.3 Å². The average Bonchev–Trinajstić information content (AvgIpc) is 2.29. The molecule has 2 unspecified atom stereocenters. The molecule has 1 aromatic heterocycles. The van der Waals surface area contributed by atoms with Gasteiger partial charge in [0.1, 0.15) is 6.10 Å². The molecular weight excluding hydrogens is 241 g/mol. The van der Waals surface area contributed by atoms with Crippen molar-refractivity contribution in [1.82, 2.24) is 4.98 Å². The fourth-order valence-corrected chi connectivity index (χ4v) is 1.13. The molecule has 0 radical (unpaired) electrons. The molecule has 0 saturated carbocycles. The normalized spacial score (nSPS) is 14.3. The molecule has 2 atom stereocenters. The van der Waals surface area contributed by atoms with E-state index in [0.29, 0.717) is 0 Å². The Bertz CT molecular complexity index is 401. The van der Waals surface area contributed by atoms with Crippen LogP contribution >= 0.6 is 11.6 Å². The Morgan fingerprint density at radius 3 is 2.75 bits per heavy atom. The highest BCUT2D eigenvalue weighted by Gasteiger charge is 2.27. The summed E-state index contributed by atoms with van der Waals surface area (Å²) < 4.78 is 17.2. The first kappa shape index (κ1) is 12.8. The molecule has 2 N–H and O–H groups in total. The number of carbonyl (C=O) groups excluding carboxylic acids is 1. The van der Waals surface area contributed by atoms with Crippen LogP contribution in [0.5, 0.6) is 0 Å². The fraction of sp³-hybridized carbons (Fsp3) is 0.333. The van der Waals surface area contributed by atoms with E-state index in [1.165, 1.54) is 0 Å². The minimum atomic E-state index is -1.80. The van der Waals surface area contributed by atoms with Crippen molar-refractivity contribution in [2.45, 2.75) is 12.2 Å². The van der Waals surface area contributed by atoms with E-state index in [2.05, 4.69) is 9.72 Å². The lowest BCUT2D eigenvalue weighted by atomic mass is 10.1. The summed E-state index contributed by atoms with van der Waals surface area (Å²) in [4.78, 5) is 14.3. The predicted molar refractivity (Wildman–Crippen MR) is 52.2 cm³/mol. The standard InChI is InChI=1S/C9H9ClFNO4/c1-16-9(15)7(14)6(13)4-2-5(11)8(10)12-3-4/h2-3,6-7,13-14H,1H3. The molecule has 16 heavy (non-hydrogen) atoms. The first-order valence-electron chi connectivity index (χ1n) is 4.22. The highest BCUT2D eigenvalue weighted by Crippen LogP contribution is 2.20. The zero-order valence-electron chi connectivity index (χ0n) is 8.22. The van der Waals surface area contributed by atoms with Crippen molar-refractivity contribution in [1.29, 1.82) is 0 Å². The second kappa shape index (κ2) is 5.20. The molecule has 0 fully saturated rings. The number of esters is 1. The molecule has 7 heteroatoms. The van der Waals surface area contributed by atoms with Crippen molar-refractivity contribution in [2.24, 2.45) is 0 Å². The largest absolute Gasteiger partial charge is 0.467 e. The summed E-state index contributed by atoms with van der Waals surface area (Å²) in [5.74, 6) is -1.88. The van der Waals surface area contributed by atoms with E-state index in [4.69, 9.17) is 11.6 Å². The second-order valence-electron chi connectivity index (χ2n) is 2.95. The van der Waals surface area contributed by atoms with Gasteiger partial charge in [0.05, 0.1) is 7.11 Å². The molecule has 0 aliphatic heterocycles. The molecule has 0 bridgehead atoms. The molecule has 0 spiro atoms. The molecular formula is C9H9ClFNO4. The van der Waals surface area contributed by atoms with Crippen molar-refractivity contribution in [3.8, 4) is 0 Å². The van der Waals surface area contributed by atoms with Gasteiger partial charge in [-0.15, -0.1) is 0 Å². The zero-order valence-corrected chi connectivity index (χ0v) is 8.98. The molecule has 1 rings (SSSR count). The van der Waals surface area contributed by atoms with Crippen LogP contribution in [0.3, 0.4) is 0 Å². The van der Waals surface area contributed by atoms with Gasteiger partial charge in [-0.2, -0.15) is 0 Å². The van der Waals surface area contributed by atoms with Gasteiger partial charge in [0.15, 0.2) is 17.1 Å². The van der Waals surface area contributed by atoms with E-state index >= 15 is 0 Å². The van der Waals surface area contributed by atoms with Gasteiger partial charge in [0.2, 0.25) is 0 Å². The molecule has 5 nitrogen and oxygen atoms in total. The minimum Gasteiger partial charge on any atom is -0.467 e. The zero-order chi connectivity index (χ0) is 12.3. The van der Waals surface area contributed by atoms with Crippen LogP contribution in [-0.2, 0) is 9.53 Å². The van der Waals surface area contributed by atoms with Gasteiger partial charge in [-0.25, -0.2) is 14.2 Å². The first-order valence-corrected chi connectivity index (χ1v) is 4.60. The molecule has 1 aromatic rings. The van der Waals surface area contributed by atoms with Gasteiger partial charge in [0.25, 0.3) is 0 Å². The van der Waals surface area contributed by atoms with Gasteiger partial charge < -0.3 is 14.9 Å². The maximum Gasteiger partial charge on any atom is 0.337 e. The van der Waals surface area contributed by atoms with E-state index in [0.717, 1.165) is 19.4 Å². The monoisotopic (exact) mass is 249 g/mol. The van der Waals surface area contributed by atoms with Crippen LogP contribution in [0.4, 0.5) is 4.39 Å². The van der Waals surface area contributed by atoms with Crippen molar-refractivity contribution >= 4 is 17.6 Å². The summed E-state index contributed by atoms with van der Waals surface area (Å²) in [5, 5.41) is 18.4. The van der Waals surface area contributed by atoms with E-state index in [-0.39, 0.29) is 10.7 Å². The Balaban J connectivity index is 2.91. The summed E-state index contributed by atoms with van der Waals surface area (Å²) in [6.07, 6.45) is -2.36. The van der Waals surface area contributed by atoms with Gasteiger partial charge in [-0.1, -0.05) is 11.6 Å². The maximum atomic E-state index is 13.0. The molecule has 0 aliphatic rings. The first-order chi connectivity index (χ1) is 7.47. The highest BCUT2D eigenvalue weighted by atomic mass is 35.5. The number of aliphatic hydroxyl groups is 2. The summed E-state index contributed by atoms with van der Waals surface area (Å²) in [6.45, 7) is 0. The number of ether oxygens (including phenoxy) is 1. The summed E-state index contributed by atoms with van der Waals surface area (Å²) in [7, 11) is 1.05. The number of aromatic nitrogens is 1. The van der Waals surface area contributed by atoms with Crippen molar-refractivity contribution < 1.29 is 24.1 Å². The highest BCUT2D eigenvalue weighted by molar-refractivity contribution is 6.29. The van der Waals surface area contributed by atoms with E-state index in [1.54, 1.807) is 0 Å². The third-order valence-electron chi connectivity index (χ3n) is 1.90. The fourth-order valence-electron chi connectivity index (χ4n) is 1.03. The third kappa shape index (κ3) is 2.66. The number of rotatable bonds is 3. The Kier molecular flexibility index (Phi) is 4.17. The topological polar surface area (TPSA) is 79.7 Å². The van der Waals surface area contributed by atoms with Crippen LogP contribution in [-0.4, -0.2) is 34.4 Å². The minimum absolute atomic E-state index is 0.0696. The number of pyridine rings is 1. The Morgan fingerprint density at radius 1 is 1.62 bits per heavy atom. The number of halogens is 2. The second-order valence-corrected chi connectivity index (χ2v) is 3.31.